The number of halogens is 1. The largest absolute Gasteiger partial charge is 0.507 e. The van der Waals surface area contributed by atoms with Crippen LogP contribution in [0.25, 0.3) is 0 Å². The number of aryl methyl sites for hydroxylation is 1. The Morgan fingerprint density at radius 2 is 2.05 bits per heavy atom. The van der Waals surface area contributed by atoms with E-state index in [9.17, 15) is 10.2 Å². The van der Waals surface area contributed by atoms with E-state index in [2.05, 4.69) is 5.32 Å². The zero-order valence-electron chi connectivity index (χ0n) is 11.3. The average Bonchev–Trinajstić information content (AvgIpc) is 2.41. The van der Waals surface area contributed by atoms with E-state index in [0.29, 0.717) is 29.3 Å². The molecule has 3 N–H and O–H groups in total. The predicted molar refractivity (Wildman–Crippen MR) is 77.5 cm³/mol. The molecule has 106 valence electrons. The maximum Gasteiger partial charge on any atom is 0.123 e. The fraction of sp³-hybridized carbons (Fsp3) is 0.600. The summed E-state index contributed by atoms with van der Waals surface area (Å²) >= 11 is 6.02. The van der Waals surface area contributed by atoms with Crippen molar-refractivity contribution in [3.8, 4) is 5.75 Å². The van der Waals surface area contributed by atoms with Crippen LogP contribution >= 0.6 is 11.6 Å². The molecule has 0 amide bonds. The van der Waals surface area contributed by atoms with Crippen molar-refractivity contribution in [3.05, 3.63) is 28.3 Å². The first-order valence-electron chi connectivity index (χ1n) is 6.94. The molecule has 4 heteroatoms. The third kappa shape index (κ3) is 3.62. The topological polar surface area (TPSA) is 52.5 Å². The first-order valence-corrected chi connectivity index (χ1v) is 7.32. The lowest BCUT2D eigenvalue weighted by Crippen LogP contribution is -2.39. The molecule has 0 spiro atoms. The molecule has 2 atom stereocenters. The van der Waals surface area contributed by atoms with Gasteiger partial charge in [-0.3, -0.25) is 0 Å². The molecule has 1 aromatic rings. The van der Waals surface area contributed by atoms with Gasteiger partial charge < -0.3 is 15.5 Å². The minimum Gasteiger partial charge on any atom is -0.507 e. The number of hydrogen-bond donors (Lipinski definition) is 3. The molecule has 0 heterocycles. The van der Waals surface area contributed by atoms with E-state index in [1.807, 2.05) is 6.92 Å². The third-order valence-corrected chi connectivity index (χ3v) is 4.26. The zero-order chi connectivity index (χ0) is 13.8. The lowest BCUT2D eigenvalue weighted by molar-refractivity contribution is 0.152. The maximum absolute atomic E-state index is 10.0. The van der Waals surface area contributed by atoms with Crippen molar-refractivity contribution in [2.24, 2.45) is 5.92 Å². The quantitative estimate of drug-likeness (QED) is 0.796. The van der Waals surface area contributed by atoms with Crippen LogP contribution in [-0.4, -0.2) is 22.9 Å². The van der Waals surface area contributed by atoms with Crippen LogP contribution in [0.4, 0.5) is 0 Å². The van der Waals surface area contributed by atoms with Crippen molar-refractivity contribution in [1.29, 1.82) is 0 Å². The molecule has 1 aliphatic rings. The number of hydrogen-bond acceptors (Lipinski definition) is 3. The molecule has 1 aromatic carbocycles. The summed E-state index contributed by atoms with van der Waals surface area (Å²) in [5, 5.41) is 23.5. The molecule has 0 saturated heterocycles. The Kier molecular flexibility index (Phi) is 5.08. The molecule has 1 saturated carbocycles. The monoisotopic (exact) mass is 283 g/mol. The van der Waals surface area contributed by atoms with Gasteiger partial charge >= 0.3 is 0 Å². The SMILES string of the molecule is Cc1cc(Cl)cc(CNC2CCCCC2CO)c1O. The molecule has 0 radical (unpaired) electrons. The minimum atomic E-state index is 0.234. The smallest absolute Gasteiger partial charge is 0.123 e. The number of nitrogens with one attached hydrogen (secondary N) is 1. The van der Waals surface area contributed by atoms with E-state index in [4.69, 9.17) is 11.6 Å². The van der Waals surface area contributed by atoms with Gasteiger partial charge in [0.05, 0.1) is 0 Å². The number of benzene rings is 1. The number of aromatic hydroxyl groups is 1. The fourth-order valence-electron chi connectivity index (χ4n) is 2.88. The van der Waals surface area contributed by atoms with Gasteiger partial charge in [0.2, 0.25) is 0 Å². The maximum atomic E-state index is 10.0. The summed E-state index contributed by atoms with van der Waals surface area (Å²) in [5.74, 6) is 0.643. The summed E-state index contributed by atoms with van der Waals surface area (Å²) in [6.07, 6.45) is 4.57. The molecule has 3 nitrogen and oxygen atoms in total. The highest BCUT2D eigenvalue weighted by Gasteiger charge is 2.24. The van der Waals surface area contributed by atoms with Crippen molar-refractivity contribution in [3.63, 3.8) is 0 Å². The Hall–Kier alpha value is -0.770. The van der Waals surface area contributed by atoms with Crippen LogP contribution in [0.2, 0.25) is 5.02 Å². The Balaban J connectivity index is 2.01. The highest BCUT2D eigenvalue weighted by atomic mass is 35.5. The zero-order valence-corrected chi connectivity index (χ0v) is 12.1. The van der Waals surface area contributed by atoms with Crippen molar-refractivity contribution < 1.29 is 10.2 Å². The van der Waals surface area contributed by atoms with Crippen LogP contribution in [-0.2, 0) is 6.54 Å². The van der Waals surface area contributed by atoms with Crippen LogP contribution in [0.3, 0.4) is 0 Å². The summed E-state index contributed by atoms with van der Waals surface area (Å²) in [6, 6.07) is 3.89. The Bertz CT molecular complexity index is 436. The van der Waals surface area contributed by atoms with E-state index < -0.39 is 0 Å². The molecule has 2 unspecified atom stereocenters. The first-order chi connectivity index (χ1) is 9.11. The molecular weight excluding hydrogens is 262 g/mol. The standard InChI is InChI=1S/C15H22ClNO2/c1-10-6-13(16)7-12(15(10)19)8-17-14-5-3-2-4-11(14)9-18/h6-7,11,14,17-19H,2-5,8-9H2,1H3. The molecule has 1 fully saturated rings. The van der Waals surface area contributed by atoms with Crippen molar-refractivity contribution in [2.45, 2.75) is 45.2 Å². The second-order valence-corrected chi connectivity index (χ2v) is 5.88. The van der Waals surface area contributed by atoms with Gasteiger partial charge in [-0.2, -0.15) is 0 Å². The van der Waals surface area contributed by atoms with E-state index in [1.165, 1.54) is 12.8 Å². The summed E-state index contributed by atoms with van der Waals surface area (Å²) in [7, 11) is 0. The van der Waals surface area contributed by atoms with Crippen LogP contribution < -0.4 is 5.32 Å². The van der Waals surface area contributed by atoms with E-state index in [0.717, 1.165) is 24.0 Å². The van der Waals surface area contributed by atoms with Gasteiger partial charge in [-0.05, 0) is 43.4 Å². The second kappa shape index (κ2) is 6.60. The Labute approximate surface area is 119 Å². The number of aliphatic hydroxyl groups excluding tert-OH is 1. The molecule has 19 heavy (non-hydrogen) atoms. The third-order valence-electron chi connectivity index (χ3n) is 4.04. The molecular formula is C15H22ClNO2. The van der Waals surface area contributed by atoms with Crippen LogP contribution in [0, 0.1) is 12.8 Å². The van der Waals surface area contributed by atoms with Gasteiger partial charge in [-0.1, -0.05) is 24.4 Å². The number of phenols is 1. The van der Waals surface area contributed by atoms with Gasteiger partial charge in [0.15, 0.2) is 0 Å². The van der Waals surface area contributed by atoms with E-state index >= 15 is 0 Å². The normalized spacial score (nSPS) is 23.5. The molecule has 0 aromatic heterocycles. The summed E-state index contributed by atoms with van der Waals surface area (Å²) < 4.78 is 0. The minimum absolute atomic E-state index is 0.234. The van der Waals surface area contributed by atoms with Crippen LogP contribution in [0.5, 0.6) is 5.75 Å². The highest BCUT2D eigenvalue weighted by Crippen LogP contribution is 2.28. The predicted octanol–water partition coefficient (Wildman–Crippen LogP) is 2.99. The molecule has 1 aliphatic carbocycles. The van der Waals surface area contributed by atoms with Crippen molar-refractivity contribution in [1.82, 2.24) is 5.32 Å². The summed E-state index contributed by atoms with van der Waals surface area (Å²) in [4.78, 5) is 0. The Morgan fingerprint density at radius 3 is 2.79 bits per heavy atom. The lowest BCUT2D eigenvalue weighted by Gasteiger charge is -2.31. The van der Waals surface area contributed by atoms with Crippen molar-refractivity contribution in [2.75, 3.05) is 6.61 Å². The van der Waals surface area contributed by atoms with E-state index in [-0.39, 0.29) is 6.61 Å². The van der Waals surface area contributed by atoms with Gasteiger partial charge in [-0.25, -0.2) is 0 Å². The summed E-state index contributed by atoms with van der Waals surface area (Å²) in [6.45, 7) is 2.68. The molecule has 2 rings (SSSR count). The summed E-state index contributed by atoms with van der Waals surface area (Å²) in [5.41, 5.74) is 1.62. The molecule has 0 aliphatic heterocycles. The van der Waals surface area contributed by atoms with Gasteiger partial charge in [0, 0.05) is 29.8 Å². The Morgan fingerprint density at radius 1 is 1.32 bits per heavy atom. The van der Waals surface area contributed by atoms with Gasteiger partial charge in [0.25, 0.3) is 0 Å². The van der Waals surface area contributed by atoms with Gasteiger partial charge in [-0.15, -0.1) is 0 Å². The van der Waals surface area contributed by atoms with Crippen LogP contribution in [0.1, 0.15) is 36.8 Å². The number of rotatable bonds is 4. The fourth-order valence-corrected chi connectivity index (χ4v) is 3.17. The number of aliphatic hydroxyl groups is 1. The van der Waals surface area contributed by atoms with Gasteiger partial charge in [0.1, 0.15) is 5.75 Å². The first kappa shape index (κ1) is 14.6. The lowest BCUT2D eigenvalue weighted by atomic mass is 9.85. The molecule has 0 bridgehead atoms. The number of phenolic OH excluding ortho intramolecular Hbond substituents is 1. The van der Waals surface area contributed by atoms with E-state index in [1.54, 1.807) is 12.1 Å². The van der Waals surface area contributed by atoms with Crippen molar-refractivity contribution >= 4 is 11.6 Å². The second-order valence-electron chi connectivity index (χ2n) is 5.44. The van der Waals surface area contributed by atoms with Crippen LogP contribution in [0.15, 0.2) is 12.1 Å². The average molecular weight is 284 g/mol. The highest BCUT2D eigenvalue weighted by molar-refractivity contribution is 6.30.